The van der Waals surface area contributed by atoms with Gasteiger partial charge in [0.15, 0.2) is 6.10 Å². The second-order valence-electron chi connectivity index (χ2n) is 7.89. The molecule has 30 heavy (non-hydrogen) atoms. The Hall–Kier alpha value is -3.09. The smallest absolute Gasteiger partial charge is 0.355 e. The molecule has 1 heterocycles. The highest BCUT2D eigenvalue weighted by Crippen LogP contribution is 2.23. The van der Waals surface area contributed by atoms with Crippen LogP contribution in [-0.4, -0.2) is 35.0 Å². The number of aryl methyl sites for hydroxylation is 4. The number of aromatic amines is 1. The maximum absolute atomic E-state index is 12.6. The summed E-state index contributed by atoms with van der Waals surface area (Å²) in [7, 11) is 0. The fourth-order valence-electron chi connectivity index (χ4n) is 3.41. The number of amides is 1. The summed E-state index contributed by atoms with van der Waals surface area (Å²) in [5.74, 6) is -1.65. The number of nitrogens with one attached hydrogen (secondary N) is 2. The zero-order chi connectivity index (χ0) is 22.7. The summed E-state index contributed by atoms with van der Waals surface area (Å²) in [6, 6.07) is 3.95. The normalized spacial score (nSPS) is 11.9. The van der Waals surface area contributed by atoms with E-state index in [0.29, 0.717) is 22.5 Å². The standard InChI is InChI=1S/C23H30N2O5/c1-11(2)29-22(27)18-15(6)20(24-16(18)7)23(28)30-17(8)21(26)25-19-13(4)9-12(3)10-14(19)5/h9-11,17,24H,1-8H3,(H,25,26)/t17-/m0/s1. The Labute approximate surface area is 177 Å². The molecule has 2 aromatic rings. The van der Waals surface area contributed by atoms with Crippen molar-refractivity contribution in [1.82, 2.24) is 4.98 Å². The second kappa shape index (κ2) is 9.15. The first-order chi connectivity index (χ1) is 13.9. The lowest BCUT2D eigenvalue weighted by molar-refractivity contribution is -0.123. The van der Waals surface area contributed by atoms with Crippen LogP contribution in [0.5, 0.6) is 0 Å². The van der Waals surface area contributed by atoms with Gasteiger partial charge in [0.1, 0.15) is 5.69 Å². The van der Waals surface area contributed by atoms with Crippen LogP contribution in [0.15, 0.2) is 12.1 Å². The number of esters is 2. The molecule has 0 aliphatic carbocycles. The third kappa shape index (κ3) is 5.09. The summed E-state index contributed by atoms with van der Waals surface area (Å²) in [5.41, 5.74) is 5.05. The van der Waals surface area contributed by atoms with Crippen LogP contribution in [0.25, 0.3) is 0 Å². The van der Waals surface area contributed by atoms with Crippen LogP contribution in [0.3, 0.4) is 0 Å². The Bertz CT molecular complexity index is 965. The van der Waals surface area contributed by atoms with Gasteiger partial charge in [0, 0.05) is 11.4 Å². The predicted octanol–water partition coefficient (Wildman–Crippen LogP) is 4.31. The minimum absolute atomic E-state index is 0.130. The lowest BCUT2D eigenvalue weighted by atomic mass is 10.0. The van der Waals surface area contributed by atoms with Gasteiger partial charge >= 0.3 is 11.9 Å². The van der Waals surface area contributed by atoms with E-state index >= 15 is 0 Å². The molecule has 0 saturated heterocycles. The fraction of sp³-hybridized carbons (Fsp3) is 0.435. The topological polar surface area (TPSA) is 97.5 Å². The van der Waals surface area contributed by atoms with Crippen molar-refractivity contribution in [1.29, 1.82) is 0 Å². The Morgan fingerprint density at radius 1 is 0.900 bits per heavy atom. The van der Waals surface area contributed by atoms with Gasteiger partial charge in [-0.15, -0.1) is 0 Å². The minimum Gasteiger partial charge on any atom is -0.459 e. The van der Waals surface area contributed by atoms with E-state index in [2.05, 4.69) is 10.3 Å². The maximum Gasteiger partial charge on any atom is 0.355 e. The first-order valence-corrected chi connectivity index (χ1v) is 9.92. The van der Waals surface area contributed by atoms with E-state index in [4.69, 9.17) is 9.47 Å². The van der Waals surface area contributed by atoms with Gasteiger partial charge in [-0.25, -0.2) is 9.59 Å². The lowest BCUT2D eigenvalue weighted by Gasteiger charge is -2.17. The minimum atomic E-state index is -1.02. The van der Waals surface area contributed by atoms with Crippen LogP contribution in [-0.2, 0) is 14.3 Å². The van der Waals surface area contributed by atoms with Crippen molar-refractivity contribution in [2.45, 2.75) is 67.6 Å². The Kier molecular flexibility index (Phi) is 7.08. The van der Waals surface area contributed by atoms with Crippen LogP contribution >= 0.6 is 0 Å². The highest BCUT2D eigenvalue weighted by molar-refractivity contribution is 6.01. The van der Waals surface area contributed by atoms with E-state index in [0.717, 1.165) is 16.7 Å². The molecule has 1 aromatic carbocycles. The average molecular weight is 415 g/mol. The number of ether oxygens (including phenoxy) is 2. The number of benzene rings is 1. The lowest BCUT2D eigenvalue weighted by Crippen LogP contribution is -2.30. The number of hydrogen-bond acceptors (Lipinski definition) is 5. The zero-order valence-corrected chi connectivity index (χ0v) is 18.9. The molecule has 0 saturated carbocycles. The molecular weight excluding hydrogens is 384 g/mol. The maximum atomic E-state index is 12.6. The summed E-state index contributed by atoms with van der Waals surface area (Å²) < 4.78 is 10.6. The summed E-state index contributed by atoms with van der Waals surface area (Å²) in [6.07, 6.45) is -1.30. The molecule has 162 valence electrons. The number of carbonyl (C=O) groups excluding carboxylic acids is 3. The summed E-state index contributed by atoms with van der Waals surface area (Å²) in [6.45, 7) is 14.1. The molecule has 7 nitrogen and oxygen atoms in total. The zero-order valence-electron chi connectivity index (χ0n) is 18.9. The first kappa shape index (κ1) is 23.2. The van der Waals surface area contributed by atoms with Gasteiger partial charge in [0.25, 0.3) is 5.91 Å². The monoisotopic (exact) mass is 414 g/mol. The molecule has 1 atom stereocenters. The Morgan fingerprint density at radius 2 is 1.47 bits per heavy atom. The predicted molar refractivity (Wildman–Crippen MR) is 115 cm³/mol. The SMILES string of the molecule is Cc1cc(C)c(NC(=O)[C@H](C)OC(=O)c2[nH]c(C)c(C(=O)OC(C)C)c2C)c(C)c1. The molecule has 1 aromatic heterocycles. The molecular formula is C23H30N2O5. The summed E-state index contributed by atoms with van der Waals surface area (Å²) >= 11 is 0. The molecule has 7 heteroatoms. The van der Waals surface area contributed by atoms with Crippen molar-refractivity contribution < 1.29 is 23.9 Å². The van der Waals surface area contributed by atoms with Gasteiger partial charge in [-0.2, -0.15) is 0 Å². The van der Waals surface area contributed by atoms with Crippen LogP contribution < -0.4 is 5.32 Å². The van der Waals surface area contributed by atoms with Crippen LogP contribution in [0.2, 0.25) is 0 Å². The number of H-pyrrole nitrogens is 1. The van der Waals surface area contributed by atoms with Crippen molar-refractivity contribution >= 4 is 23.5 Å². The van der Waals surface area contributed by atoms with E-state index in [1.54, 1.807) is 27.7 Å². The van der Waals surface area contributed by atoms with Gasteiger partial charge in [0.05, 0.1) is 11.7 Å². The molecule has 0 fully saturated rings. The summed E-state index contributed by atoms with van der Waals surface area (Å²) in [5, 5.41) is 2.83. The molecule has 2 rings (SSSR count). The highest BCUT2D eigenvalue weighted by Gasteiger charge is 2.27. The highest BCUT2D eigenvalue weighted by atomic mass is 16.6. The number of hydrogen-bond donors (Lipinski definition) is 2. The fourth-order valence-corrected chi connectivity index (χ4v) is 3.41. The first-order valence-electron chi connectivity index (χ1n) is 9.92. The number of carbonyl (C=O) groups is 3. The number of rotatable bonds is 6. The molecule has 0 radical (unpaired) electrons. The van der Waals surface area contributed by atoms with Crippen molar-refractivity contribution in [3.63, 3.8) is 0 Å². The van der Waals surface area contributed by atoms with Crippen molar-refractivity contribution in [3.05, 3.63) is 51.3 Å². The number of anilines is 1. The van der Waals surface area contributed by atoms with Crippen LogP contribution in [0, 0.1) is 34.6 Å². The summed E-state index contributed by atoms with van der Waals surface area (Å²) in [4.78, 5) is 40.4. The third-order valence-electron chi connectivity index (χ3n) is 4.77. The van der Waals surface area contributed by atoms with Crippen molar-refractivity contribution in [2.24, 2.45) is 0 Å². The largest absolute Gasteiger partial charge is 0.459 e. The quantitative estimate of drug-likeness (QED) is 0.687. The molecule has 0 spiro atoms. The van der Waals surface area contributed by atoms with Crippen molar-refractivity contribution in [2.75, 3.05) is 5.32 Å². The molecule has 0 aliphatic heterocycles. The Balaban J connectivity index is 2.14. The second-order valence-corrected chi connectivity index (χ2v) is 7.89. The van der Waals surface area contributed by atoms with E-state index in [-0.39, 0.29) is 11.8 Å². The van der Waals surface area contributed by atoms with E-state index in [1.807, 2.05) is 32.9 Å². The Morgan fingerprint density at radius 3 is 2.00 bits per heavy atom. The van der Waals surface area contributed by atoms with Gasteiger partial charge in [0.2, 0.25) is 0 Å². The van der Waals surface area contributed by atoms with Gasteiger partial charge in [-0.3, -0.25) is 4.79 Å². The molecule has 0 unspecified atom stereocenters. The van der Waals surface area contributed by atoms with E-state index in [1.165, 1.54) is 6.92 Å². The van der Waals surface area contributed by atoms with E-state index in [9.17, 15) is 14.4 Å². The van der Waals surface area contributed by atoms with Gasteiger partial charge in [-0.1, -0.05) is 17.7 Å². The van der Waals surface area contributed by atoms with Crippen LogP contribution in [0.4, 0.5) is 5.69 Å². The molecule has 2 N–H and O–H groups in total. The van der Waals surface area contributed by atoms with Crippen LogP contribution in [0.1, 0.15) is 69.6 Å². The molecule has 0 bridgehead atoms. The van der Waals surface area contributed by atoms with Gasteiger partial charge in [-0.05, 0) is 72.1 Å². The van der Waals surface area contributed by atoms with E-state index < -0.39 is 23.9 Å². The average Bonchev–Trinajstić information content (AvgIpc) is 2.91. The third-order valence-corrected chi connectivity index (χ3v) is 4.77. The molecule has 1 amide bonds. The van der Waals surface area contributed by atoms with Crippen molar-refractivity contribution in [3.8, 4) is 0 Å². The number of aromatic nitrogens is 1. The molecule has 0 aliphatic rings. The van der Waals surface area contributed by atoms with Gasteiger partial charge < -0.3 is 19.8 Å².